The van der Waals surface area contributed by atoms with Gasteiger partial charge in [0.05, 0.1) is 11.6 Å². The number of carbonyl (C=O) groups excluding carboxylic acids is 2. The number of dihydropyridines is 1. The van der Waals surface area contributed by atoms with E-state index in [1.54, 1.807) is 18.5 Å². The summed E-state index contributed by atoms with van der Waals surface area (Å²) in [6, 6.07) is 19.2. The molecule has 2 aromatic heterocycles. The van der Waals surface area contributed by atoms with Gasteiger partial charge in [0.1, 0.15) is 5.82 Å². The van der Waals surface area contributed by atoms with E-state index < -0.39 is 5.92 Å². The summed E-state index contributed by atoms with van der Waals surface area (Å²) < 4.78 is 0.821. The second-order valence-corrected chi connectivity index (χ2v) is 9.41. The van der Waals surface area contributed by atoms with Gasteiger partial charge in [0.15, 0.2) is 5.78 Å². The third-order valence-corrected chi connectivity index (χ3v) is 6.76. The molecule has 0 spiro atoms. The largest absolute Gasteiger partial charge is 0.362 e. The zero-order valence-corrected chi connectivity index (χ0v) is 20.2. The number of hydrogen-bond donors (Lipinski definition) is 2. The van der Waals surface area contributed by atoms with Crippen LogP contribution in [-0.2, 0) is 9.59 Å². The molecule has 2 N–H and O–H groups in total. The van der Waals surface area contributed by atoms with Gasteiger partial charge in [-0.3, -0.25) is 14.6 Å². The van der Waals surface area contributed by atoms with E-state index in [-0.39, 0.29) is 17.6 Å². The lowest BCUT2D eigenvalue weighted by atomic mass is 9.72. The van der Waals surface area contributed by atoms with Crippen LogP contribution in [0.3, 0.4) is 0 Å². The number of amides is 1. The summed E-state index contributed by atoms with van der Waals surface area (Å²) in [6.45, 7) is 1.88. The highest BCUT2D eigenvalue weighted by Gasteiger charge is 2.41. The Hall–Kier alpha value is -3.58. The molecule has 0 saturated carbocycles. The number of rotatable bonds is 4. The quantitative estimate of drug-likeness (QED) is 0.497. The highest BCUT2D eigenvalue weighted by Crippen LogP contribution is 2.45. The minimum atomic E-state index is -0.544. The average Bonchev–Trinajstić information content (AvgIpc) is 2.85. The average molecular weight is 515 g/mol. The number of ketones is 1. The Bertz CT molecular complexity index is 1300. The molecule has 3 heterocycles. The molecule has 170 valence electrons. The Morgan fingerprint density at radius 3 is 2.53 bits per heavy atom. The number of nitrogens with one attached hydrogen (secondary N) is 2. The van der Waals surface area contributed by atoms with Crippen molar-refractivity contribution in [2.45, 2.75) is 31.6 Å². The van der Waals surface area contributed by atoms with Crippen LogP contribution < -0.4 is 10.6 Å². The van der Waals surface area contributed by atoms with Crippen molar-refractivity contribution in [1.82, 2.24) is 15.3 Å². The van der Waals surface area contributed by atoms with E-state index in [0.29, 0.717) is 41.2 Å². The number of Topliss-reactive ketones (excluding diaryl/α,β-unsaturated/α-hetero) is 1. The number of hydrogen-bond acceptors (Lipinski definition) is 5. The van der Waals surface area contributed by atoms with Crippen LogP contribution in [0.15, 0.2) is 100 Å². The third-order valence-electron chi connectivity index (χ3n) is 6.30. The number of anilines is 1. The Morgan fingerprint density at radius 2 is 1.82 bits per heavy atom. The molecule has 1 aliphatic heterocycles. The number of pyridine rings is 2. The highest BCUT2D eigenvalue weighted by molar-refractivity contribution is 9.10. The van der Waals surface area contributed by atoms with Crippen LogP contribution in [0.2, 0.25) is 0 Å². The third kappa shape index (κ3) is 4.31. The van der Waals surface area contributed by atoms with E-state index in [4.69, 9.17) is 0 Å². The first kappa shape index (κ1) is 22.2. The molecule has 34 heavy (non-hydrogen) atoms. The van der Waals surface area contributed by atoms with Gasteiger partial charge in [-0.2, -0.15) is 0 Å². The molecule has 0 saturated heterocycles. The summed E-state index contributed by atoms with van der Waals surface area (Å²) >= 11 is 3.36. The minimum Gasteiger partial charge on any atom is -0.362 e. The molecule has 1 aliphatic carbocycles. The monoisotopic (exact) mass is 514 g/mol. The van der Waals surface area contributed by atoms with Crippen LogP contribution in [-0.4, -0.2) is 21.7 Å². The van der Waals surface area contributed by atoms with Gasteiger partial charge < -0.3 is 10.6 Å². The van der Waals surface area contributed by atoms with Crippen molar-refractivity contribution in [2.75, 3.05) is 5.32 Å². The zero-order chi connectivity index (χ0) is 23.7. The summed E-state index contributed by atoms with van der Waals surface area (Å²) in [6.07, 6.45) is 4.42. The van der Waals surface area contributed by atoms with Crippen LogP contribution in [0.4, 0.5) is 5.82 Å². The van der Waals surface area contributed by atoms with E-state index in [0.717, 1.165) is 15.7 Å². The van der Waals surface area contributed by atoms with Gasteiger partial charge in [0, 0.05) is 45.8 Å². The first-order valence-electron chi connectivity index (χ1n) is 11.1. The predicted octanol–water partition coefficient (Wildman–Crippen LogP) is 5.24. The van der Waals surface area contributed by atoms with Crippen LogP contribution in [0.5, 0.6) is 0 Å². The number of allylic oxidation sites excluding steroid dienone is 3. The molecular weight excluding hydrogens is 492 g/mol. The first-order valence-corrected chi connectivity index (χ1v) is 11.9. The molecule has 6 nitrogen and oxygen atoms in total. The van der Waals surface area contributed by atoms with Crippen LogP contribution in [0.25, 0.3) is 0 Å². The standard InChI is InChI=1S/C27H23BrN4O2/c1-16-24(27(34)32-23-11-10-19(28)15-30-23)26(20-9-5-6-12-29-20)25-21(31-16)13-18(14-22(25)33)17-7-3-2-4-8-17/h2-12,15,18,26,31H,13-14H2,1H3,(H,30,32,34)/t18-,26+/m0/s1. The van der Waals surface area contributed by atoms with Gasteiger partial charge in [-0.25, -0.2) is 4.98 Å². The lowest BCUT2D eigenvalue weighted by Crippen LogP contribution is -2.37. The van der Waals surface area contributed by atoms with Gasteiger partial charge in [0.2, 0.25) is 0 Å². The second kappa shape index (κ2) is 9.35. The number of benzene rings is 1. The number of halogens is 1. The molecule has 1 amide bonds. The first-order chi connectivity index (χ1) is 16.5. The molecular formula is C27H23BrN4O2. The molecule has 7 heteroatoms. The summed E-state index contributed by atoms with van der Waals surface area (Å²) in [7, 11) is 0. The molecule has 1 aromatic carbocycles. The smallest absolute Gasteiger partial charge is 0.255 e. The van der Waals surface area contributed by atoms with Gasteiger partial charge in [-0.1, -0.05) is 36.4 Å². The SMILES string of the molecule is CC1=C(C(=O)Nc2ccc(Br)cn2)[C@@H](c2ccccn2)C2=C(C[C@H](c3ccccc3)CC2=O)N1. The molecule has 0 unspecified atom stereocenters. The summed E-state index contributed by atoms with van der Waals surface area (Å²) in [5.74, 6) is -0.276. The maximum absolute atomic E-state index is 13.6. The molecule has 2 atom stereocenters. The Labute approximate surface area is 206 Å². The number of aromatic nitrogens is 2. The zero-order valence-electron chi connectivity index (χ0n) is 18.6. The Balaban J connectivity index is 1.54. The summed E-state index contributed by atoms with van der Waals surface area (Å²) in [5.41, 5.74) is 4.52. The molecule has 0 radical (unpaired) electrons. The fourth-order valence-corrected chi connectivity index (χ4v) is 5.01. The molecule has 5 rings (SSSR count). The fraction of sp³-hybridized carbons (Fsp3) is 0.185. The van der Waals surface area contributed by atoms with Gasteiger partial charge >= 0.3 is 0 Å². The lowest BCUT2D eigenvalue weighted by molar-refractivity contribution is -0.116. The minimum absolute atomic E-state index is 0.0397. The summed E-state index contributed by atoms with van der Waals surface area (Å²) in [5, 5.41) is 6.28. The van der Waals surface area contributed by atoms with E-state index in [2.05, 4.69) is 48.7 Å². The van der Waals surface area contributed by atoms with Crippen molar-refractivity contribution in [2.24, 2.45) is 0 Å². The molecule has 0 fully saturated rings. The van der Waals surface area contributed by atoms with Crippen molar-refractivity contribution < 1.29 is 9.59 Å². The Kier molecular flexibility index (Phi) is 6.11. The maximum atomic E-state index is 13.6. The lowest BCUT2D eigenvalue weighted by Gasteiger charge is -2.36. The van der Waals surface area contributed by atoms with Crippen LogP contribution >= 0.6 is 15.9 Å². The van der Waals surface area contributed by atoms with Crippen molar-refractivity contribution in [1.29, 1.82) is 0 Å². The van der Waals surface area contributed by atoms with Gasteiger partial charge in [0.25, 0.3) is 5.91 Å². The van der Waals surface area contributed by atoms with Gasteiger partial charge in [-0.05, 0) is 65.0 Å². The molecule has 3 aromatic rings. The van der Waals surface area contributed by atoms with Crippen molar-refractivity contribution in [3.8, 4) is 0 Å². The van der Waals surface area contributed by atoms with Crippen LogP contribution in [0.1, 0.15) is 42.9 Å². The van der Waals surface area contributed by atoms with E-state index in [1.807, 2.05) is 49.4 Å². The highest BCUT2D eigenvalue weighted by atomic mass is 79.9. The maximum Gasteiger partial charge on any atom is 0.255 e. The number of carbonyl (C=O) groups is 2. The van der Waals surface area contributed by atoms with E-state index in [9.17, 15) is 9.59 Å². The number of nitrogens with zero attached hydrogens (tertiary/aromatic N) is 2. The van der Waals surface area contributed by atoms with Crippen molar-refractivity contribution in [3.63, 3.8) is 0 Å². The second-order valence-electron chi connectivity index (χ2n) is 8.50. The fourth-order valence-electron chi connectivity index (χ4n) is 4.78. The van der Waals surface area contributed by atoms with Crippen LogP contribution in [0, 0.1) is 0 Å². The normalized spacial score (nSPS) is 20.0. The van der Waals surface area contributed by atoms with E-state index in [1.165, 1.54) is 0 Å². The topological polar surface area (TPSA) is 84.0 Å². The molecule has 2 aliphatic rings. The molecule has 0 bridgehead atoms. The predicted molar refractivity (Wildman–Crippen MR) is 134 cm³/mol. The van der Waals surface area contributed by atoms with Gasteiger partial charge in [-0.15, -0.1) is 0 Å². The van der Waals surface area contributed by atoms with Crippen molar-refractivity contribution in [3.05, 3.63) is 111 Å². The van der Waals surface area contributed by atoms with E-state index >= 15 is 0 Å². The Morgan fingerprint density at radius 1 is 1.03 bits per heavy atom. The summed E-state index contributed by atoms with van der Waals surface area (Å²) in [4.78, 5) is 35.9. The van der Waals surface area contributed by atoms with Crippen molar-refractivity contribution >= 4 is 33.4 Å².